The van der Waals surface area contributed by atoms with E-state index in [0.717, 1.165) is 32.7 Å². The van der Waals surface area contributed by atoms with Crippen LogP contribution in [0.3, 0.4) is 0 Å². The first kappa shape index (κ1) is 12.9. The van der Waals surface area contributed by atoms with Crippen LogP contribution >= 0.6 is 0 Å². The molecule has 0 radical (unpaired) electrons. The summed E-state index contributed by atoms with van der Waals surface area (Å²) in [4.78, 5) is 2.43. The van der Waals surface area contributed by atoms with E-state index in [0.29, 0.717) is 0 Å². The van der Waals surface area contributed by atoms with Crippen LogP contribution in [0.4, 0.5) is 0 Å². The highest BCUT2D eigenvalue weighted by Crippen LogP contribution is 1.96. The number of ether oxygens (including phenoxy) is 1. The predicted octanol–water partition coefficient (Wildman–Crippen LogP) is 1.08. The normalized spacial score (nSPS) is 11.1. The molecule has 0 aliphatic rings. The number of rotatable bonds is 9. The second-order valence-corrected chi connectivity index (χ2v) is 3.33. The summed E-state index contributed by atoms with van der Waals surface area (Å²) in [5, 5.41) is 0. The van der Waals surface area contributed by atoms with Crippen molar-refractivity contribution in [2.45, 2.75) is 26.2 Å². The quantitative estimate of drug-likeness (QED) is 0.550. The summed E-state index contributed by atoms with van der Waals surface area (Å²) >= 11 is 0. The molecule has 0 spiro atoms. The van der Waals surface area contributed by atoms with E-state index >= 15 is 0 Å². The Morgan fingerprint density at radius 3 is 2.46 bits per heavy atom. The molecule has 3 nitrogen and oxygen atoms in total. The molecule has 0 saturated carbocycles. The molecule has 0 atom stereocenters. The molecule has 0 aromatic rings. The van der Waals surface area contributed by atoms with Crippen molar-refractivity contribution in [3.8, 4) is 0 Å². The van der Waals surface area contributed by atoms with Crippen molar-refractivity contribution in [3.05, 3.63) is 0 Å². The average Bonchev–Trinajstić information content (AvgIpc) is 2.13. The lowest BCUT2D eigenvalue weighted by Gasteiger charge is -2.20. The van der Waals surface area contributed by atoms with Crippen molar-refractivity contribution in [2.24, 2.45) is 5.73 Å². The predicted molar refractivity (Wildman–Crippen MR) is 56.9 cm³/mol. The van der Waals surface area contributed by atoms with Crippen LogP contribution < -0.4 is 5.73 Å². The Kier molecular flexibility index (Phi) is 9.87. The molecular formula is C10H24N2O. The van der Waals surface area contributed by atoms with Gasteiger partial charge in [0.2, 0.25) is 0 Å². The minimum atomic E-state index is 0.768. The zero-order chi connectivity index (χ0) is 9.94. The molecule has 0 aliphatic carbocycles. The van der Waals surface area contributed by atoms with Gasteiger partial charge in [0.1, 0.15) is 0 Å². The van der Waals surface area contributed by atoms with Crippen LogP contribution in [0, 0.1) is 0 Å². The van der Waals surface area contributed by atoms with Crippen LogP contribution in [0.15, 0.2) is 0 Å². The van der Waals surface area contributed by atoms with Gasteiger partial charge in [0.25, 0.3) is 0 Å². The van der Waals surface area contributed by atoms with Gasteiger partial charge in [-0.1, -0.05) is 6.92 Å². The Morgan fingerprint density at radius 1 is 1.15 bits per heavy atom. The molecule has 0 rings (SSSR count). The summed E-state index contributed by atoms with van der Waals surface area (Å²) < 4.78 is 5.00. The number of hydrogen-bond donors (Lipinski definition) is 1. The molecule has 0 fully saturated rings. The summed E-state index contributed by atoms with van der Waals surface area (Å²) in [6.45, 7) is 7.21. The topological polar surface area (TPSA) is 38.5 Å². The lowest BCUT2D eigenvalue weighted by atomic mass is 10.3. The van der Waals surface area contributed by atoms with E-state index in [9.17, 15) is 0 Å². The second kappa shape index (κ2) is 9.96. The molecule has 0 amide bonds. The molecule has 0 bridgehead atoms. The third kappa shape index (κ3) is 8.22. The summed E-state index contributed by atoms with van der Waals surface area (Å²) in [5.41, 5.74) is 5.52. The summed E-state index contributed by atoms with van der Waals surface area (Å²) in [6.07, 6.45) is 3.58. The fourth-order valence-corrected chi connectivity index (χ4v) is 1.42. The minimum absolute atomic E-state index is 0.768. The lowest BCUT2D eigenvalue weighted by Crippen LogP contribution is -2.31. The Bertz CT molecular complexity index is 92.9. The van der Waals surface area contributed by atoms with Gasteiger partial charge in [0.15, 0.2) is 0 Å². The highest BCUT2D eigenvalue weighted by atomic mass is 16.5. The van der Waals surface area contributed by atoms with Crippen molar-refractivity contribution < 1.29 is 4.74 Å². The van der Waals surface area contributed by atoms with E-state index in [1.165, 1.54) is 19.4 Å². The van der Waals surface area contributed by atoms with Crippen molar-refractivity contribution in [2.75, 3.05) is 39.9 Å². The third-order valence-corrected chi connectivity index (χ3v) is 2.06. The standard InChI is InChI=1S/C10H24N2O/c1-3-7-12(9-6-11)8-4-5-10-13-2/h3-11H2,1-2H3. The van der Waals surface area contributed by atoms with Crippen molar-refractivity contribution in [1.29, 1.82) is 0 Å². The van der Waals surface area contributed by atoms with Gasteiger partial charge in [-0.2, -0.15) is 0 Å². The van der Waals surface area contributed by atoms with Crippen molar-refractivity contribution in [1.82, 2.24) is 4.90 Å². The zero-order valence-electron chi connectivity index (χ0n) is 9.09. The van der Waals surface area contributed by atoms with Gasteiger partial charge in [-0.3, -0.25) is 0 Å². The average molecular weight is 188 g/mol. The maximum Gasteiger partial charge on any atom is 0.0462 e. The number of hydrogen-bond acceptors (Lipinski definition) is 3. The van der Waals surface area contributed by atoms with Crippen LogP contribution in [0.1, 0.15) is 26.2 Å². The van der Waals surface area contributed by atoms with Crippen LogP contribution in [-0.4, -0.2) is 44.8 Å². The van der Waals surface area contributed by atoms with E-state index in [-0.39, 0.29) is 0 Å². The number of unbranched alkanes of at least 4 members (excludes halogenated alkanes) is 1. The first-order valence-corrected chi connectivity index (χ1v) is 5.26. The highest BCUT2D eigenvalue weighted by Gasteiger charge is 2.00. The maximum absolute atomic E-state index is 5.52. The summed E-state index contributed by atoms with van der Waals surface area (Å²) in [5.74, 6) is 0. The molecule has 0 aromatic carbocycles. The van der Waals surface area contributed by atoms with Gasteiger partial charge in [0.05, 0.1) is 0 Å². The van der Waals surface area contributed by atoms with Gasteiger partial charge in [-0.15, -0.1) is 0 Å². The lowest BCUT2D eigenvalue weighted by molar-refractivity contribution is 0.184. The van der Waals surface area contributed by atoms with E-state index in [2.05, 4.69) is 11.8 Å². The maximum atomic E-state index is 5.52. The summed E-state index contributed by atoms with van der Waals surface area (Å²) in [6, 6.07) is 0. The van der Waals surface area contributed by atoms with Gasteiger partial charge in [0, 0.05) is 26.8 Å². The second-order valence-electron chi connectivity index (χ2n) is 3.33. The zero-order valence-corrected chi connectivity index (χ0v) is 9.09. The van der Waals surface area contributed by atoms with Gasteiger partial charge < -0.3 is 15.4 Å². The largest absolute Gasteiger partial charge is 0.385 e. The Hall–Kier alpha value is -0.120. The minimum Gasteiger partial charge on any atom is -0.385 e. The molecular weight excluding hydrogens is 164 g/mol. The molecule has 0 aromatic heterocycles. The first-order valence-electron chi connectivity index (χ1n) is 5.26. The highest BCUT2D eigenvalue weighted by molar-refractivity contribution is 4.57. The Labute approximate surface area is 82.2 Å². The number of nitrogens with zero attached hydrogens (tertiary/aromatic N) is 1. The van der Waals surface area contributed by atoms with Crippen LogP contribution in [0.5, 0.6) is 0 Å². The smallest absolute Gasteiger partial charge is 0.0462 e. The molecule has 2 N–H and O–H groups in total. The fourth-order valence-electron chi connectivity index (χ4n) is 1.42. The monoisotopic (exact) mass is 188 g/mol. The Morgan fingerprint density at radius 2 is 1.92 bits per heavy atom. The van der Waals surface area contributed by atoms with Crippen LogP contribution in [-0.2, 0) is 4.74 Å². The molecule has 13 heavy (non-hydrogen) atoms. The van der Waals surface area contributed by atoms with Gasteiger partial charge in [-0.25, -0.2) is 0 Å². The van der Waals surface area contributed by atoms with Crippen molar-refractivity contribution >= 4 is 0 Å². The Balaban J connectivity index is 3.33. The molecule has 0 saturated heterocycles. The molecule has 0 heterocycles. The summed E-state index contributed by atoms with van der Waals surface area (Å²) in [7, 11) is 1.75. The van der Waals surface area contributed by atoms with Gasteiger partial charge >= 0.3 is 0 Å². The van der Waals surface area contributed by atoms with Crippen LogP contribution in [0.25, 0.3) is 0 Å². The SMILES string of the molecule is CCCN(CCN)CCCCOC. The van der Waals surface area contributed by atoms with E-state index in [1.54, 1.807) is 7.11 Å². The van der Waals surface area contributed by atoms with E-state index in [4.69, 9.17) is 10.5 Å². The van der Waals surface area contributed by atoms with Gasteiger partial charge in [-0.05, 0) is 32.4 Å². The number of nitrogens with two attached hydrogens (primary N) is 1. The van der Waals surface area contributed by atoms with E-state index in [1.807, 2.05) is 0 Å². The third-order valence-electron chi connectivity index (χ3n) is 2.06. The molecule has 0 aliphatic heterocycles. The van der Waals surface area contributed by atoms with Crippen LogP contribution in [0.2, 0.25) is 0 Å². The van der Waals surface area contributed by atoms with Crippen molar-refractivity contribution in [3.63, 3.8) is 0 Å². The fraction of sp³-hybridized carbons (Fsp3) is 1.00. The van der Waals surface area contributed by atoms with E-state index < -0.39 is 0 Å². The number of methoxy groups -OCH3 is 1. The molecule has 3 heteroatoms. The molecule has 0 unspecified atom stereocenters. The molecule has 80 valence electrons. The first-order chi connectivity index (χ1) is 6.35.